The van der Waals surface area contributed by atoms with Crippen LogP contribution in [-0.4, -0.2) is 15.0 Å². The molecule has 0 fully saturated rings. The average Bonchev–Trinajstić information content (AvgIpc) is 2.38. The number of primary sulfonamides is 1. The van der Waals surface area contributed by atoms with E-state index in [-0.39, 0.29) is 4.90 Å². The Balaban J connectivity index is 2.24. The lowest BCUT2D eigenvalue weighted by Gasteiger charge is -2.10. The second-order valence-corrected chi connectivity index (χ2v) is 6.01. The molecule has 0 aliphatic carbocycles. The summed E-state index contributed by atoms with van der Waals surface area (Å²) < 4.78 is 33.8. The molecule has 0 saturated carbocycles. The van der Waals surface area contributed by atoms with E-state index >= 15 is 0 Å². The standard InChI is InChI=1S/C15H17NO4S/c1-3-19-12-5-4-6-13(10-12)20-14-7-8-15(11(2)9-14)21(16,17)18/h4-10H,3H2,1-2H3,(H2,16,17,18). The van der Waals surface area contributed by atoms with E-state index in [9.17, 15) is 8.42 Å². The third-order valence-corrected chi connectivity index (χ3v) is 3.88. The summed E-state index contributed by atoms with van der Waals surface area (Å²) in [5.74, 6) is 1.87. The van der Waals surface area contributed by atoms with E-state index < -0.39 is 10.0 Å². The SMILES string of the molecule is CCOc1cccc(Oc2ccc(S(N)(=O)=O)c(C)c2)c1. The van der Waals surface area contributed by atoms with E-state index in [1.54, 1.807) is 31.2 Å². The van der Waals surface area contributed by atoms with Gasteiger partial charge in [-0.15, -0.1) is 0 Å². The van der Waals surface area contributed by atoms with Crippen molar-refractivity contribution in [2.24, 2.45) is 5.14 Å². The summed E-state index contributed by atoms with van der Waals surface area (Å²) >= 11 is 0. The molecule has 112 valence electrons. The monoisotopic (exact) mass is 307 g/mol. The minimum Gasteiger partial charge on any atom is -0.494 e. The van der Waals surface area contributed by atoms with Crippen molar-refractivity contribution in [2.45, 2.75) is 18.7 Å². The second kappa shape index (κ2) is 6.15. The van der Waals surface area contributed by atoms with Gasteiger partial charge in [0.05, 0.1) is 11.5 Å². The average molecular weight is 307 g/mol. The fourth-order valence-electron chi connectivity index (χ4n) is 1.93. The van der Waals surface area contributed by atoms with Crippen LogP contribution in [0.5, 0.6) is 17.2 Å². The molecule has 0 aliphatic rings. The molecule has 6 heteroatoms. The number of hydrogen-bond acceptors (Lipinski definition) is 4. The van der Waals surface area contributed by atoms with Gasteiger partial charge in [0.15, 0.2) is 0 Å². The Morgan fingerprint density at radius 3 is 2.33 bits per heavy atom. The molecular formula is C15H17NO4S. The zero-order valence-corrected chi connectivity index (χ0v) is 12.7. The van der Waals surface area contributed by atoms with Gasteiger partial charge >= 0.3 is 0 Å². The molecule has 5 nitrogen and oxygen atoms in total. The Bertz CT molecular complexity index is 741. The second-order valence-electron chi connectivity index (χ2n) is 4.48. The van der Waals surface area contributed by atoms with Crippen molar-refractivity contribution in [3.8, 4) is 17.2 Å². The third-order valence-electron chi connectivity index (χ3n) is 2.81. The van der Waals surface area contributed by atoms with Crippen molar-refractivity contribution >= 4 is 10.0 Å². The first kappa shape index (κ1) is 15.3. The van der Waals surface area contributed by atoms with E-state index in [1.807, 2.05) is 19.1 Å². The van der Waals surface area contributed by atoms with Crippen molar-refractivity contribution in [2.75, 3.05) is 6.61 Å². The normalized spacial score (nSPS) is 11.2. The van der Waals surface area contributed by atoms with Crippen molar-refractivity contribution in [1.29, 1.82) is 0 Å². The van der Waals surface area contributed by atoms with Gasteiger partial charge in [0.25, 0.3) is 0 Å². The highest BCUT2D eigenvalue weighted by Crippen LogP contribution is 2.27. The lowest BCUT2D eigenvalue weighted by atomic mass is 10.2. The minimum atomic E-state index is -3.71. The van der Waals surface area contributed by atoms with Crippen LogP contribution in [0.15, 0.2) is 47.4 Å². The topological polar surface area (TPSA) is 78.6 Å². The van der Waals surface area contributed by atoms with Crippen LogP contribution >= 0.6 is 0 Å². The number of sulfonamides is 1. The zero-order valence-electron chi connectivity index (χ0n) is 11.9. The summed E-state index contributed by atoms with van der Waals surface area (Å²) in [5, 5.41) is 5.13. The number of rotatable bonds is 5. The van der Waals surface area contributed by atoms with Crippen LogP contribution in [0.4, 0.5) is 0 Å². The van der Waals surface area contributed by atoms with E-state index in [2.05, 4.69) is 0 Å². The molecule has 21 heavy (non-hydrogen) atoms. The van der Waals surface area contributed by atoms with Gasteiger partial charge in [0.2, 0.25) is 10.0 Å². The molecule has 0 radical (unpaired) electrons. The van der Waals surface area contributed by atoms with Gasteiger partial charge in [0.1, 0.15) is 17.2 Å². The highest BCUT2D eigenvalue weighted by molar-refractivity contribution is 7.89. The number of aryl methyl sites for hydroxylation is 1. The van der Waals surface area contributed by atoms with Gasteiger partial charge in [-0.3, -0.25) is 0 Å². The largest absolute Gasteiger partial charge is 0.494 e. The lowest BCUT2D eigenvalue weighted by Crippen LogP contribution is -2.13. The minimum absolute atomic E-state index is 0.0953. The summed E-state index contributed by atoms with van der Waals surface area (Å²) in [6.07, 6.45) is 0. The van der Waals surface area contributed by atoms with Crippen molar-refractivity contribution in [3.05, 3.63) is 48.0 Å². The van der Waals surface area contributed by atoms with E-state index in [4.69, 9.17) is 14.6 Å². The van der Waals surface area contributed by atoms with Crippen molar-refractivity contribution in [3.63, 3.8) is 0 Å². The first-order valence-corrected chi connectivity index (χ1v) is 7.99. The van der Waals surface area contributed by atoms with Crippen LogP contribution in [0.3, 0.4) is 0 Å². The smallest absolute Gasteiger partial charge is 0.238 e. The number of ether oxygens (including phenoxy) is 2. The van der Waals surface area contributed by atoms with Gasteiger partial charge in [-0.25, -0.2) is 13.6 Å². The number of hydrogen-bond donors (Lipinski definition) is 1. The summed E-state index contributed by atoms with van der Waals surface area (Å²) in [4.78, 5) is 0.0953. The third kappa shape index (κ3) is 3.96. The molecule has 0 heterocycles. The van der Waals surface area contributed by atoms with E-state index in [0.29, 0.717) is 29.4 Å². The maximum absolute atomic E-state index is 11.4. The molecule has 0 aromatic heterocycles. The van der Waals surface area contributed by atoms with Gasteiger partial charge in [-0.05, 0) is 49.7 Å². The fourth-order valence-corrected chi connectivity index (χ4v) is 2.70. The quantitative estimate of drug-likeness (QED) is 0.921. The van der Waals surface area contributed by atoms with E-state index in [1.165, 1.54) is 6.07 Å². The molecule has 2 aromatic rings. The van der Waals surface area contributed by atoms with Crippen LogP contribution < -0.4 is 14.6 Å². The summed E-state index contributed by atoms with van der Waals surface area (Å²) in [6, 6.07) is 11.9. The fraction of sp³-hybridized carbons (Fsp3) is 0.200. The molecule has 0 unspecified atom stereocenters. The maximum Gasteiger partial charge on any atom is 0.238 e. The number of benzene rings is 2. The predicted octanol–water partition coefficient (Wildman–Crippen LogP) is 2.83. The molecule has 0 amide bonds. The van der Waals surface area contributed by atoms with Crippen molar-refractivity contribution < 1.29 is 17.9 Å². The number of nitrogens with two attached hydrogens (primary N) is 1. The van der Waals surface area contributed by atoms with Crippen LogP contribution in [0.2, 0.25) is 0 Å². The Morgan fingerprint density at radius 1 is 1.05 bits per heavy atom. The molecular weight excluding hydrogens is 290 g/mol. The molecule has 2 aromatic carbocycles. The van der Waals surface area contributed by atoms with Crippen LogP contribution in [0.1, 0.15) is 12.5 Å². The molecule has 2 rings (SSSR count). The van der Waals surface area contributed by atoms with Gasteiger partial charge < -0.3 is 9.47 Å². The lowest BCUT2D eigenvalue weighted by molar-refractivity contribution is 0.338. The molecule has 0 spiro atoms. The zero-order chi connectivity index (χ0) is 15.5. The molecule has 0 atom stereocenters. The highest BCUT2D eigenvalue weighted by atomic mass is 32.2. The maximum atomic E-state index is 11.4. The van der Waals surface area contributed by atoms with Crippen molar-refractivity contribution in [1.82, 2.24) is 0 Å². The molecule has 0 saturated heterocycles. The molecule has 0 aliphatic heterocycles. The van der Waals surface area contributed by atoms with Crippen LogP contribution in [-0.2, 0) is 10.0 Å². The first-order chi connectivity index (χ1) is 9.90. The Labute approximate surface area is 124 Å². The van der Waals surface area contributed by atoms with Crippen LogP contribution in [0, 0.1) is 6.92 Å². The summed E-state index contributed by atoms with van der Waals surface area (Å²) in [6.45, 7) is 4.15. The first-order valence-electron chi connectivity index (χ1n) is 6.44. The highest BCUT2D eigenvalue weighted by Gasteiger charge is 2.12. The van der Waals surface area contributed by atoms with E-state index in [0.717, 1.165) is 0 Å². The van der Waals surface area contributed by atoms with Gasteiger partial charge in [-0.1, -0.05) is 6.07 Å². The Hall–Kier alpha value is -2.05. The molecule has 2 N–H and O–H groups in total. The Morgan fingerprint density at radius 2 is 1.71 bits per heavy atom. The predicted molar refractivity (Wildman–Crippen MR) is 80.2 cm³/mol. The van der Waals surface area contributed by atoms with Crippen LogP contribution in [0.25, 0.3) is 0 Å². The van der Waals surface area contributed by atoms with Gasteiger partial charge in [-0.2, -0.15) is 0 Å². The summed E-state index contributed by atoms with van der Waals surface area (Å²) in [5.41, 5.74) is 0.538. The summed E-state index contributed by atoms with van der Waals surface area (Å²) in [7, 11) is -3.71. The van der Waals surface area contributed by atoms with Gasteiger partial charge in [0, 0.05) is 6.07 Å². The molecule has 0 bridgehead atoms. The Kier molecular flexibility index (Phi) is 4.50.